The lowest BCUT2D eigenvalue weighted by molar-refractivity contribution is -0.148. The molecule has 2 saturated heterocycles. The topological polar surface area (TPSA) is 54.9 Å². The Kier molecular flexibility index (Phi) is 4.87. The molecule has 3 heterocycles. The normalized spacial score (nSPS) is 21.6. The minimum absolute atomic E-state index is 0.0523. The van der Waals surface area contributed by atoms with Gasteiger partial charge in [-0.3, -0.25) is 4.79 Å². The van der Waals surface area contributed by atoms with Gasteiger partial charge in [-0.05, 0) is 24.3 Å². The second-order valence-electron chi connectivity index (χ2n) is 6.25. The van der Waals surface area contributed by atoms with Gasteiger partial charge in [-0.25, -0.2) is 4.98 Å². The van der Waals surface area contributed by atoms with Crippen LogP contribution in [0, 0.1) is 0 Å². The minimum Gasteiger partial charge on any atom is -0.378 e. The molecular weight excluding hydrogens is 386 g/mol. The van der Waals surface area contributed by atoms with Crippen molar-refractivity contribution in [3.05, 3.63) is 34.8 Å². The molecule has 2 aromatic rings. The highest BCUT2D eigenvalue weighted by Gasteiger charge is 2.31. The molecular formula is C18H20BrN3O3. The molecule has 2 aliphatic heterocycles. The van der Waals surface area contributed by atoms with Crippen molar-refractivity contribution < 1.29 is 14.3 Å². The Hall–Kier alpha value is -1.70. The van der Waals surface area contributed by atoms with Crippen molar-refractivity contribution in [3.63, 3.8) is 0 Å². The third-order valence-corrected chi connectivity index (χ3v) is 5.12. The smallest absolute Gasteiger partial charge is 0.253 e. The molecule has 0 N–H and O–H groups in total. The first-order chi connectivity index (χ1) is 12.2. The van der Waals surface area contributed by atoms with E-state index in [2.05, 4.69) is 26.9 Å². The molecule has 25 heavy (non-hydrogen) atoms. The van der Waals surface area contributed by atoms with Crippen LogP contribution in [0.1, 0.15) is 0 Å². The van der Waals surface area contributed by atoms with Crippen LogP contribution in [-0.2, 0) is 14.3 Å². The number of morpholine rings is 2. The molecule has 0 bridgehead atoms. The molecule has 6 nitrogen and oxygen atoms in total. The molecule has 2 fully saturated rings. The summed E-state index contributed by atoms with van der Waals surface area (Å²) in [6.45, 7) is 4.27. The number of hydrogen-bond donors (Lipinski definition) is 0. The molecule has 7 heteroatoms. The summed E-state index contributed by atoms with van der Waals surface area (Å²) < 4.78 is 12.1. The molecule has 0 saturated carbocycles. The third kappa shape index (κ3) is 3.63. The van der Waals surface area contributed by atoms with Gasteiger partial charge in [0.05, 0.1) is 31.9 Å². The van der Waals surface area contributed by atoms with E-state index in [0.29, 0.717) is 39.5 Å². The predicted molar refractivity (Wildman–Crippen MR) is 98.8 cm³/mol. The van der Waals surface area contributed by atoms with E-state index in [4.69, 9.17) is 14.5 Å². The molecule has 1 unspecified atom stereocenters. The SMILES string of the molecule is O=C(C1CN(c2ccc3ccc(Br)cc3n2)CCO1)N1CCOCC1. The fraction of sp³-hybridized carbons (Fsp3) is 0.444. The van der Waals surface area contributed by atoms with Crippen molar-refractivity contribution in [1.29, 1.82) is 0 Å². The molecule has 1 aromatic carbocycles. The number of nitrogens with zero attached hydrogens (tertiary/aromatic N) is 3. The van der Waals surface area contributed by atoms with Gasteiger partial charge in [-0.2, -0.15) is 0 Å². The second-order valence-corrected chi connectivity index (χ2v) is 7.17. The van der Waals surface area contributed by atoms with E-state index in [1.807, 2.05) is 29.2 Å². The summed E-state index contributed by atoms with van der Waals surface area (Å²) >= 11 is 3.49. The molecule has 0 radical (unpaired) electrons. The fourth-order valence-electron chi connectivity index (χ4n) is 3.25. The van der Waals surface area contributed by atoms with Gasteiger partial charge in [0.2, 0.25) is 0 Å². The van der Waals surface area contributed by atoms with E-state index in [1.165, 1.54) is 0 Å². The van der Waals surface area contributed by atoms with E-state index in [1.54, 1.807) is 0 Å². The van der Waals surface area contributed by atoms with Crippen LogP contribution in [0.25, 0.3) is 10.9 Å². The zero-order chi connectivity index (χ0) is 17.2. The Bertz CT molecular complexity index is 779. The maximum Gasteiger partial charge on any atom is 0.253 e. The van der Waals surface area contributed by atoms with Gasteiger partial charge in [0.15, 0.2) is 6.10 Å². The van der Waals surface area contributed by atoms with Crippen LogP contribution in [0.5, 0.6) is 0 Å². The minimum atomic E-state index is -0.438. The maximum absolute atomic E-state index is 12.7. The average Bonchev–Trinajstić information content (AvgIpc) is 2.67. The number of rotatable bonds is 2. The van der Waals surface area contributed by atoms with Crippen LogP contribution in [0.15, 0.2) is 34.8 Å². The number of fused-ring (bicyclic) bond motifs is 1. The first-order valence-corrected chi connectivity index (χ1v) is 9.29. The highest BCUT2D eigenvalue weighted by molar-refractivity contribution is 9.10. The summed E-state index contributed by atoms with van der Waals surface area (Å²) in [5, 5.41) is 1.10. The van der Waals surface area contributed by atoms with Crippen LogP contribution < -0.4 is 4.90 Å². The second kappa shape index (κ2) is 7.27. The van der Waals surface area contributed by atoms with Gasteiger partial charge in [0.1, 0.15) is 5.82 Å². The molecule has 0 spiro atoms. The zero-order valence-electron chi connectivity index (χ0n) is 13.9. The van der Waals surface area contributed by atoms with Crippen molar-refractivity contribution in [2.45, 2.75) is 6.10 Å². The van der Waals surface area contributed by atoms with Gasteiger partial charge < -0.3 is 19.3 Å². The van der Waals surface area contributed by atoms with E-state index in [0.717, 1.165) is 27.7 Å². The number of carbonyl (C=O) groups excluding carboxylic acids is 1. The molecule has 132 valence electrons. The van der Waals surface area contributed by atoms with Gasteiger partial charge in [0.25, 0.3) is 5.91 Å². The van der Waals surface area contributed by atoms with Gasteiger partial charge in [-0.15, -0.1) is 0 Å². The van der Waals surface area contributed by atoms with E-state index in [-0.39, 0.29) is 5.91 Å². The van der Waals surface area contributed by atoms with Crippen molar-refractivity contribution >= 4 is 38.6 Å². The monoisotopic (exact) mass is 405 g/mol. The van der Waals surface area contributed by atoms with E-state index < -0.39 is 6.10 Å². The maximum atomic E-state index is 12.7. The molecule has 4 rings (SSSR count). The summed E-state index contributed by atoms with van der Waals surface area (Å²) in [5.74, 6) is 0.935. The Labute approximate surface area is 154 Å². The number of carbonyl (C=O) groups is 1. The van der Waals surface area contributed by atoms with Crippen molar-refractivity contribution in [2.24, 2.45) is 0 Å². The number of aromatic nitrogens is 1. The number of ether oxygens (including phenoxy) is 2. The first kappa shape index (κ1) is 16.8. The van der Waals surface area contributed by atoms with Gasteiger partial charge >= 0.3 is 0 Å². The third-order valence-electron chi connectivity index (χ3n) is 4.63. The zero-order valence-corrected chi connectivity index (χ0v) is 15.4. The summed E-state index contributed by atoms with van der Waals surface area (Å²) in [6, 6.07) is 10.1. The lowest BCUT2D eigenvalue weighted by Crippen LogP contribution is -2.53. The van der Waals surface area contributed by atoms with Gasteiger partial charge in [-0.1, -0.05) is 22.0 Å². The fourth-order valence-corrected chi connectivity index (χ4v) is 3.60. The van der Waals surface area contributed by atoms with Crippen LogP contribution in [0.3, 0.4) is 0 Å². The van der Waals surface area contributed by atoms with Crippen LogP contribution in [0.2, 0.25) is 0 Å². The molecule has 1 amide bonds. The van der Waals surface area contributed by atoms with E-state index in [9.17, 15) is 4.79 Å². The molecule has 1 atom stereocenters. The predicted octanol–water partition coefficient (Wildman–Crippen LogP) is 2.06. The van der Waals surface area contributed by atoms with Crippen molar-refractivity contribution in [3.8, 4) is 0 Å². The number of pyridine rings is 1. The molecule has 1 aromatic heterocycles. The Balaban J connectivity index is 1.51. The molecule has 0 aliphatic carbocycles. The van der Waals surface area contributed by atoms with Crippen molar-refractivity contribution in [2.75, 3.05) is 50.9 Å². The largest absolute Gasteiger partial charge is 0.378 e. The number of amides is 1. The highest BCUT2D eigenvalue weighted by atomic mass is 79.9. The summed E-state index contributed by atoms with van der Waals surface area (Å²) in [6.07, 6.45) is -0.438. The lowest BCUT2D eigenvalue weighted by Gasteiger charge is -2.36. The lowest BCUT2D eigenvalue weighted by atomic mass is 10.2. The Morgan fingerprint density at radius 3 is 2.76 bits per heavy atom. The molecule has 2 aliphatic rings. The van der Waals surface area contributed by atoms with Crippen LogP contribution in [0.4, 0.5) is 5.82 Å². The summed E-state index contributed by atoms with van der Waals surface area (Å²) in [7, 11) is 0. The van der Waals surface area contributed by atoms with Crippen LogP contribution in [-0.4, -0.2) is 67.9 Å². The Morgan fingerprint density at radius 2 is 1.92 bits per heavy atom. The van der Waals surface area contributed by atoms with Crippen molar-refractivity contribution in [1.82, 2.24) is 9.88 Å². The number of halogens is 1. The van der Waals surface area contributed by atoms with Crippen LogP contribution >= 0.6 is 15.9 Å². The summed E-state index contributed by atoms with van der Waals surface area (Å²) in [4.78, 5) is 21.4. The standard InChI is InChI=1S/C18H20BrN3O3/c19-14-3-1-13-2-4-17(20-15(13)11-14)22-7-10-25-16(12-22)18(23)21-5-8-24-9-6-21/h1-4,11,16H,5-10,12H2. The summed E-state index contributed by atoms with van der Waals surface area (Å²) in [5.41, 5.74) is 0.939. The van der Waals surface area contributed by atoms with Gasteiger partial charge in [0, 0.05) is 29.5 Å². The Morgan fingerprint density at radius 1 is 1.12 bits per heavy atom. The average molecular weight is 406 g/mol. The number of hydrogen-bond acceptors (Lipinski definition) is 5. The highest BCUT2D eigenvalue weighted by Crippen LogP contribution is 2.23. The number of anilines is 1. The number of benzene rings is 1. The quantitative estimate of drug-likeness (QED) is 0.765. The van der Waals surface area contributed by atoms with E-state index >= 15 is 0 Å². The first-order valence-electron chi connectivity index (χ1n) is 8.50.